The van der Waals surface area contributed by atoms with Gasteiger partial charge in [-0.3, -0.25) is 0 Å². The number of hydrogen-bond acceptors (Lipinski definition) is 2. The molecule has 0 saturated carbocycles. The molecule has 0 bridgehead atoms. The lowest BCUT2D eigenvalue weighted by atomic mass is 9.91. The predicted molar refractivity (Wildman–Crippen MR) is 202 cm³/mol. The maximum absolute atomic E-state index is 2.50. The summed E-state index contributed by atoms with van der Waals surface area (Å²) >= 11 is 0. The topological polar surface area (TPSA) is 6.48 Å². The molecule has 48 heavy (non-hydrogen) atoms. The molecule has 2 atom stereocenters. The second-order valence-electron chi connectivity index (χ2n) is 12.9. The van der Waals surface area contributed by atoms with Crippen LogP contribution in [-0.4, -0.2) is 6.04 Å². The Morgan fingerprint density at radius 1 is 0.458 bits per heavy atom. The van der Waals surface area contributed by atoms with Gasteiger partial charge in [0, 0.05) is 34.4 Å². The normalized spacial score (nSPS) is 16.5. The molecule has 7 aromatic carbocycles. The molecule has 0 fully saturated rings. The number of anilines is 5. The van der Waals surface area contributed by atoms with Crippen molar-refractivity contribution >= 4 is 39.2 Å². The molecule has 226 valence electrons. The number of para-hydroxylation sites is 1. The van der Waals surface area contributed by atoms with Crippen LogP contribution in [0.3, 0.4) is 0 Å². The van der Waals surface area contributed by atoms with Crippen molar-refractivity contribution in [1.29, 1.82) is 0 Å². The van der Waals surface area contributed by atoms with Crippen LogP contribution in [0.5, 0.6) is 0 Å². The molecule has 0 saturated heterocycles. The van der Waals surface area contributed by atoms with E-state index in [1.807, 2.05) is 0 Å². The third-order valence-corrected chi connectivity index (χ3v) is 10.3. The van der Waals surface area contributed by atoms with Crippen molar-refractivity contribution in [1.82, 2.24) is 0 Å². The van der Waals surface area contributed by atoms with Gasteiger partial charge in [0.25, 0.3) is 0 Å². The standard InChI is InChI=1S/C46H32N2/c1-2-10-31(11-3-1)32-20-22-34(23-21-32)47(37-28-29-38-41-16-8-12-33-13-9-17-42(46(33)41)43(38)30-37)35-24-26-36(27-25-35)48-44-18-6-4-14-39(44)40-15-5-7-19-45(40)48/h1-30,39,44H. The average Bonchev–Trinajstić information content (AvgIpc) is 3.67. The SMILES string of the molecule is C1=CC2c3ccccc3N(c3ccc(N(c4ccc(-c5ccccc5)cc4)c4ccc5c(c4)-c4cccc6cccc-5c46)cc3)C2C=C1. The van der Waals surface area contributed by atoms with E-state index in [1.54, 1.807) is 0 Å². The first kappa shape index (κ1) is 27.0. The number of allylic oxidation sites excluding steroid dienone is 2. The Morgan fingerprint density at radius 2 is 1.10 bits per heavy atom. The summed E-state index contributed by atoms with van der Waals surface area (Å²) in [6.07, 6.45) is 9.04. The molecule has 0 radical (unpaired) electrons. The zero-order valence-electron chi connectivity index (χ0n) is 26.4. The maximum atomic E-state index is 2.50. The predicted octanol–water partition coefficient (Wildman–Crippen LogP) is 12.4. The van der Waals surface area contributed by atoms with E-state index in [9.17, 15) is 0 Å². The van der Waals surface area contributed by atoms with Gasteiger partial charge in [-0.05, 0) is 104 Å². The van der Waals surface area contributed by atoms with Gasteiger partial charge >= 0.3 is 0 Å². The molecule has 1 aliphatic heterocycles. The Kier molecular flexibility index (Phi) is 6.04. The third-order valence-electron chi connectivity index (χ3n) is 10.3. The summed E-state index contributed by atoms with van der Waals surface area (Å²) in [4.78, 5) is 4.89. The molecule has 7 aromatic rings. The molecule has 0 spiro atoms. The van der Waals surface area contributed by atoms with Gasteiger partial charge in [0.05, 0.1) is 6.04 Å². The van der Waals surface area contributed by atoms with Gasteiger partial charge < -0.3 is 9.80 Å². The Morgan fingerprint density at radius 3 is 1.90 bits per heavy atom. The van der Waals surface area contributed by atoms with Gasteiger partial charge in [-0.25, -0.2) is 0 Å². The molecule has 3 aliphatic rings. The number of fused-ring (bicyclic) bond motifs is 6. The third kappa shape index (κ3) is 4.13. The quantitative estimate of drug-likeness (QED) is 0.191. The van der Waals surface area contributed by atoms with Crippen LogP contribution >= 0.6 is 0 Å². The molecule has 0 amide bonds. The van der Waals surface area contributed by atoms with Gasteiger partial charge in [-0.2, -0.15) is 0 Å². The first-order valence-corrected chi connectivity index (χ1v) is 16.8. The minimum absolute atomic E-state index is 0.279. The minimum atomic E-state index is 0.279. The smallest absolute Gasteiger partial charge is 0.0629 e. The van der Waals surface area contributed by atoms with E-state index in [2.05, 4.69) is 192 Å². The van der Waals surface area contributed by atoms with Gasteiger partial charge in [0.2, 0.25) is 0 Å². The van der Waals surface area contributed by atoms with Crippen molar-refractivity contribution in [3.63, 3.8) is 0 Å². The van der Waals surface area contributed by atoms with Crippen LogP contribution in [0.15, 0.2) is 182 Å². The van der Waals surface area contributed by atoms with Gasteiger partial charge in [0.1, 0.15) is 0 Å². The van der Waals surface area contributed by atoms with Crippen molar-refractivity contribution in [2.24, 2.45) is 0 Å². The van der Waals surface area contributed by atoms with E-state index >= 15 is 0 Å². The number of hydrogen-bond donors (Lipinski definition) is 0. The summed E-state index contributed by atoms with van der Waals surface area (Å²) < 4.78 is 0. The van der Waals surface area contributed by atoms with Gasteiger partial charge in [0.15, 0.2) is 0 Å². The van der Waals surface area contributed by atoms with Gasteiger partial charge in [-0.1, -0.05) is 127 Å². The Balaban J connectivity index is 1.09. The summed E-state index contributed by atoms with van der Waals surface area (Å²) in [6.45, 7) is 0. The second kappa shape index (κ2) is 10.7. The number of nitrogens with zero attached hydrogens (tertiary/aromatic N) is 2. The lowest BCUT2D eigenvalue weighted by Gasteiger charge is -2.30. The Labute approximate surface area is 281 Å². The fraction of sp³-hybridized carbons (Fsp3) is 0.0435. The largest absolute Gasteiger partial charge is 0.333 e. The summed E-state index contributed by atoms with van der Waals surface area (Å²) in [5.74, 6) is 0.366. The van der Waals surface area contributed by atoms with Crippen LogP contribution in [0.25, 0.3) is 44.2 Å². The summed E-state index contributed by atoms with van der Waals surface area (Å²) in [5.41, 5.74) is 14.9. The van der Waals surface area contributed by atoms with Crippen LogP contribution in [-0.2, 0) is 0 Å². The van der Waals surface area contributed by atoms with E-state index in [0.29, 0.717) is 5.92 Å². The molecule has 0 N–H and O–H groups in total. The molecule has 0 aromatic heterocycles. The number of benzene rings is 7. The highest BCUT2D eigenvalue weighted by Crippen LogP contribution is 2.51. The molecule has 2 aliphatic carbocycles. The minimum Gasteiger partial charge on any atom is -0.333 e. The fourth-order valence-corrected chi connectivity index (χ4v) is 8.15. The van der Waals surface area contributed by atoms with Crippen LogP contribution in [0.2, 0.25) is 0 Å². The highest BCUT2D eigenvalue weighted by atomic mass is 15.2. The van der Waals surface area contributed by atoms with Crippen molar-refractivity contribution in [2.75, 3.05) is 9.80 Å². The highest BCUT2D eigenvalue weighted by Gasteiger charge is 2.37. The lowest BCUT2D eigenvalue weighted by Crippen LogP contribution is -2.28. The Hall–Kier alpha value is -6.12. The molecule has 2 heteroatoms. The van der Waals surface area contributed by atoms with E-state index in [-0.39, 0.29) is 6.04 Å². The molecule has 10 rings (SSSR count). The van der Waals surface area contributed by atoms with Crippen molar-refractivity contribution < 1.29 is 0 Å². The average molecular weight is 613 g/mol. The van der Waals surface area contributed by atoms with Crippen molar-refractivity contribution in [2.45, 2.75) is 12.0 Å². The monoisotopic (exact) mass is 612 g/mol. The van der Waals surface area contributed by atoms with Crippen molar-refractivity contribution in [3.8, 4) is 33.4 Å². The molecular formula is C46H32N2. The van der Waals surface area contributed by atoms with Crippen LogP contribution in [0.1, 0.15) is 11.5 Å². The van der Waals surface area contributed by atoms with E-state index < -0.39 is 0 Å². The van der Waals surface area contributed by atoms with E-state index in [0.717, 1.165) is 17.1 Å². The molecular weight excluding hydrogens is 581 g/mol. The summed E-state index contributed by atoms with van der Waals surface area (Å²) in [7, 11) is 0. The number of rotatable bonds is 5. The zero-order chi connectivity index (χ0) is 31.6. The fourth-order valence-electron chi connectivity index (χ4n) is 8.15. The second-order valence-corrected chi connectivity index (χ2v) is 12.9. The summed E-state index contributed by atoms with van der Waals surface area (Å²) in [5, 5.41) is 2.65. The van der Waals surface area contributed by atoms with E-state index in [1.165, 1.54) is 61.1 Å². The molecule has 1 heterocycles. The van der Waals surface area contributed by atoms with Crippen LogP contribution < -0.4 is 9.80 Å². The summed E-state index contributed by atoms with van der Waals surface area (Å²) in [6, 6.07) is 58.1. The first-order chi connectivity index (χ1) is 23.8. The van der Waals surface area contributed by atoms with Crippen LogP contribution in [0.4, 0.5) is 28.4 Å². The molecule has 2 unspecified atom stereocenters. The van der Waals surface area contributed by atoms with Crippen LogP contribution in [0, 0.1) is 0 Å². The molecule has 2 nitrogen and oxygen atoms in total. The van der Waals surface area contributed by atoms with Crippen molar-refractivity contribution in [3.05, 3.63) is 188 Å². The van der Waals surface area contributed by atoms with Gasteiger partial charge in [-0.15, -0.1) is 0 Å². The first-order valence-electron chi connectivity index (χ1n) is 16.8. The highest BCUT2D eigenvalue weighted by molar-refractivity contribution is 6.15. The maximum Gasteiger partial charge on any atom is 0.0629 e. The zero-order valence-corrected chi connectivity index (χ0v) is 26.4. The Bertz CT molecular complexity index is 2400. The van der Waals surface area contributed by atoms with E-state index in [4.69, 9.17) is 0 Å². The lowest BCUT2D eigenvalue weighted by molar-refractivity contribution is 0.745.